The molecule has 0 saturated heterocycles. The standard InChI is InChI=1S/C14H8ClN2O2/c1-9-2-5-14(17(18)19)12(6-9)11-7-10(8-16)3-4-13(11)15/h3-7H,1H3. The van der Waals surface area contributed by atoms with E-state index in [0.29, 0.717) is 21.7 Å². The number of nitro benzene ring substituents is 1. The van der Waals surface area contributed by atoms with Crippen LogP contribution in [0.15, 0.2) is 30.3 Å². The number of nitro groups is 1. The van der Waals surface area contributed by atoms with Gasteiger partial charge >= 0.3 is 0 Å². The van der Waals surface area contributed by atoms with Gasteiger partial charge in [0, 0.05) is 16.7 Å². The van der Waals surface area contributed by atoms with Crippen LogP contribution in [0.1, 0.15) is 11.1 Å². The van der Waals surface area contributed by atoms with Crippen LogP contribution in [0.25, 0.3) is 11.1 Å². The second kappa shape index (κ2) is 5.09. The van der Waals surface area contributed by atoms with Gasteiger partial charge in [0.25, 0.3) is 5.69 Å². The van der Waals surface area contributed by atoms with Crippen LogP contribution in [-0.4, -0.2) is 4.92 Å². The van der Waals surface area contributed by atoms with Crippen LogP contribution in [0.4, 0.5) is 5.69 Å². The van der Waals surface area contributed by atoms with Gasteiger partial charge in [-0.1, -0.05) is 11.6 Å². The van der Waals surface area contributed by atoms with Gasteiger partial charge < -0.3 is 0 Å². The lowest BCUT2D eigenvalue weighted by molar-refractivity contribution is -0.384. The molecule has 4 nitrogen and oxygen atoms in total. The fourth-order valence-corrected chi connectivity index (χ4v) is 1.98. The second-order valence-electron chi connectivity index (χ2n) is 3.98. The fraction of sp³-hybridized carbons (Fsp3) is 0.0714. The molecule has 2 aromatic carbocycles. The largest absolute Gasteiger partial charge is 0.277 e. The highest BCUT2D eigenvalue weighted by Gasteiger charge is 2.17. The van der Waals surface area contributed by atoms with E-state index < -0.39 is 4.92 Å². The Bertz CT molecular complexity index is 705. The summed E-state index contributed by atoms with van der Waals surface area (Å²) in [4.78, 5) is 10.6. The molecule has 0 amide bonds. The predicted molar refractivity (Wildman–Crippen MR) is 71.8 cm³/mol. The molecule has 0 aliphatic rings. The number of hydrogen-bond donors (Lipinski definition) is 0. The molecule has 0 aliphatic carbocycles. The molecule has 0 N–H and O–H groups in total. The zero-order valence-electron chi connectivity index (χ0n) is 9.98. The topological polar surface area (TPSA) is 66.9 Å². The van der Waals surface area contributed by atoms with Crippen LogP contribution >= 0.6 is 11.6 Å². The van der Waals surface area contributed by atoms with Crippen LogP contribution < -0.4 is 0 Å². The van der Waals surface area contributed by atoms with E-state index in [2.05, 4.69) is 6.07 Å². The Morgan fingerprint density at radius 3 is 2.74 bits per heavy atom. The zero-order valence-corrected chi connectivity index (χ0v) is 10.7. The number of halogens is 1. The quantitative estimate of drug-likeness (QED) is 0.614. The van der Waals surface area contributed by atoms with E-state index in [1.54, 1.807) is 31.2 Å². The summed E-state index contributed by atoms with van der Waals surface area (Å²) >= 11 is 6.07. The number of aryl methyl sites for hydroxylation is 1. The average molecular weight is 272 g/mol. The van der Waals surface area contributed by atoms with Gasteiger partial charge in [-0.15, -0.1) is 0 Å². The molecule has 5 heteroatoms. The highest BCUT2D eigenvalue weighted by molar-refractivity contribution is 6.33. The molecule has 0 heterocycles. The van der Waals surface area contributed by atoms with Crippen molar-refractivity contribution in [3.05, 3.63) is 62.7 Å². The second-order valence-corrected chi connectivity index (χ2v) is 4.39. The van der Waals surface area contributed by atoms with E-state index >= 15 is 0 Å². The maximum Gasteiger partial charge on any atom is 0.277 e. The average Bonchev–Trinajstić information content (AvgIpc) is 2.38. The summed E-state index contributed by atoms with van der Waals surface area (Å²) in [6.45, 7) is 1.79. The Morgan fingerprint density at radius 1 is 1.37 bits per heavy atom. The predicted octanol–water partition coefficient (Wildman–Crippen LogP) is 3.90. The van der Waals surface area contributed by atoms with Crippen LogP contribution in [0, 0.1) is 34.4 Å². The van der Waals surface area contributed by atoms with Crippen molar-refractivity contribution in [1.29, 1.82) is 5.26 Å². The molecule has 0 spiro atoms. The first-order valence-electron chi connectivity index (χ1n) is 5.39. The van der Waals surface area contributed by atoms with Gasteiger partial charge in [-0.05, 0) is 42.8 Å². The SMILES string of the molecule is Cc1[c]cc([N+](=O)[O-])c(-c2cc(C#N)ccc2Cl)c1. The van der Waals surface area contributed by atoms with Gasteiger partial charge in [0.15, 0.2) is 0 Å². The zero-order chi connectivity index (χ0) is 14.0. The molecular weight excluding hydrogens is 264 g/mol. The molecule has 0 saturated carbocycles. The molecule has 0 bridgehead atoms. The van der Waals surface area contributed by atoms with E-state index in [0.717, 1.165) is 5.56 Å². The first-order valence-corrected chi connectivity index (χ1v) is 5.77. The Hall–Kier alpha value is -2.38. The lowest BCUT2D eigenvalue weighted by Gasteiger charge is -2.07. The Labute approximate surface area is 115 Å². The number of nitriles is 1. The van der Waals surface area contributed by atoms with Gasteiger partial charge in [0.05, 0.1) is 22.1 Å². The number of hydrogen-bond acceptors (Lipinski definition) is 3. The minimum atomic E-state index is -0.485. The third-order valence-corrected chi connectivity index (χ3v) is 2.99. The van der Waals surface area contributed by atoms with Gasteiger partial charge in [-0.25, -0.2) is 0 Å². The lowest BCUT2D eigenvalue weighted by atomic mass is 10.00. The lowest BCUT2D eigenvalue weighted by Crippen LogP contribution is -1.94. The monoisotopic (exact) mass is 271 g/mol. The maximum atomic E-state index is 11.0. The summed E-state index contributed by atoms with van der Waals surface area (Å²) in [6, 6.07) is 12.4. The van der Waals surface area contributed by atoms with Gasteiger partial charge in [-0.2, -0.15) is 5.26 Å². The highest BCUT2D eigenvalue weighted by Crippen LogP contribution is 2.35. The summed E-state index contributed by atoms with van der Waals surface area (Å²) < 4.78 is 0. The molecule has 2 aromatic rings. The minimum absolute atomic E-state index is 0.0809. The maximum absolute atomic E-state index is 11.0. The van der Waals surface area contributed by atoms with Crippen molar-refractivity contribution in [1.82, 2.24) is 0 Å². The summed E-state index contributed by atoms with van der Waals surface area (Å²) in [7, 11) is 0. The molecule has 2 rings (SSSR count). The molecule has 0 aromatic heterocycles. The molecular formula is C14H8ClN2O2. The van der Waals surface area contributed by atoms with Gasteiger partial charge in [0.1, 0.15) is 0 Å². The van der Waals surface area contributed by atoms with Gasteiger partial charge in [0.2, 0.25) is 0 Å². The summed E-state index contributed by atoms with van der Waals surface area (Å²) in [5.74, 6) is 0. The Kier molecular flexibility index (Phi) is 3.50. The van der Waals surface area contributed by atoms with E-state index in [1.807, 2.05) is 6.07 Å². The number of benzene rings is 2. The van der Waals surface area contributed by atoms with E-state index in [-0.39, 0.29) is 5.69 Å². The molecule has 1 radical (unpaired) electrons. The van der Waals surface area contributed by atoms with Crippen LogP contribution in [-0.2, 0) is 0 Å². The first kappa shape index (κ1) is 13.1. The normalized spacial score (nSPS) is 9.95. The van der Waals surface area contributed by atoms with Crippen LogP contribution in [0.3, 0.4) is 0 Å². The molecule has 0 fully saturated rings. The van der Waals surface area contributed by atoms with Gasteiger partial charge in [-0.3, -0.25) is 10.1 Å². The summed E-state index contributed by atoms with van der Waals surface area (Å²) in [5, 5.41) is 20.3. The molecule has 19 heavy (non-hydrogen) atoms. The molecule has 0 unspecified atom stereocenters. The molecule has 0 atom stereocenters. The Morgan fingerprint density at radius 2 is 2.11 bits per heavy atom. The summed E-state index contributed by atoms with van der Waals surface area (Å²) in [6.07, 6.45) is 0. The van der Waals surface area contributed by atoms with Crippen molar-refractivity contribution < 1.29 is 4.92 Å². The highest BCUT2D eigenvalue weighted by atomic mass is 35.5. The van der Waals surface area contributed by atoms with Crippen molar-refractivity contribution in [2.24, 2.45) is 0 Å². The third kappa shape index (κ3) is 2.56. The third-order valence-electron chi connectivity index (χ3n) is 2.66. The number of rotatable bonds is 2. The summed E-state index contributed by atoms with van der Waals surface area (Å²) in [5.41, 5.74) is 1.95. The van der Waals surface area contributed by atoms with Crippen molar-refractivity contribution in [2.75, 3.05) is 0 Å². The van der Waals surface area contributed by atoms with E-state index in [4.69, 9.17) is 16.9 Å². The van der Waals surface area contributed by atoms with Crippen molar-refractivity contribution in [3.63, 3.8) is 0 Å². The fourth-order valence-electron chi connectivity index (χ4n) is 1.76. The van der Waals surface area contributed by atoms with Crippen LogP contribution in [0.2, 0.25) is 5.02 Å². The van der Waals surface area contributed by atoms with Crippen molar-refractivity contribution >= 4 is 17.3 Å². The Balaban J connectivity index is 2.74. The van der Waals surface area contributed by atoms with Crippen LogP contribution in [0.5, 0.6) is 0 Å². The number of nitrogens with zero attached hydrogens (tertiary/aromatic N) is 2. The molecule has 0 aliphatic heterocycles. The minimum Gasteiger partial charge on any atom is -0.258 e. The molecule has 93 valence electrons. The van der Waals surface area contributed by atoms with E-state index in [1.165, 1.54) is 6.07 Å². The van der Waals surface area contributed by atoms with E-state index in [9.17, 15) is 10.1 Å². The smallest absolute Gasteiger partial charge is 0.258 e. The van der Waals surface area contributed by atoms with Crippen molar-refractivity contribution in [2.45, 2.75) is 6.92 Å². The van der Waals surface area contributed by atoms with Crippen molar-refractivity contribution in [3.8, 4) is 17.2 Å². The first-order chi connectivity index (χ1) is 9.02.